The van der Waals surface area contributed by atoms with Gasteiger partial charge in [0.15, 0.2) is 0 Å². The van der Waals surface area contributed by atoms with Crippen molar-refractivity contribution in [2.24, 2.45) is 0 Å². The van der Waals surface area contributed by atoms with Gasteiger partial charge < -0.3 is 60.3 Å². The van der Waals surface area contributed by atoms with E-state index in [0.29, 0.717) is 105 Å². The largest absolute Gasteiger partial charge is 3.00 e. The molecule has 0 fully saturated rings. The molecule has 22 heteroatoms. The smallest absolute Gasteiger partial charge is 1.00 e. The molecule has 2 aliphatic heterocycles. The quantitative estimate of drug-likeness (QED) is 0.0547. The van der Waals surface area contributed by atoms with Gasteiger partial charge in [0.1, 0.15) is 124 Å². The van der Waals surface area contributed by atoms with Crippen LogP contribution in [0.2, 0.25) is 0 Å². The molecule has 0 saturated heterocycles. The molecule has 0 amide bonds. The number of aromatic amines is 2. The number of hydrogen-bond donors (Lipinski definition) is 2. The van der Waals surface area contributed by atoms with Gasteiger partial charge in [0.2, 0.25) is 0 Å². The second kappa shape index (κ2) is 28.7. The van der Waals surface area contributed by atoms with E-state index in [-0.39, 0.29) is 29.5 Å². The number of ether oxygens (including phenoxy) is 8. The first-order valence-electron chi connectivity index (χ1n) is 25.8. The molecule has 0 saturated carbocycles. The fraction of sp³-hybridized carbons (Fsp3) is 0.429. The van der Waals surface area contributed by atoms with Crippen LogP contribution in [0.5, 0.6) is 0 Å². The summed E-state index contributed by atoms with van der Waals surface area (Å²) < 4.78 is 63.5. The van der Waals surface area contributed by atoms with Crippen molar-refractivity contribution in [1.82, 2.24) is 38.2 Å². The van der Waals surface area contributed by atoms with Crippen LogP contribution in [-0.2, 0) is 107 Å². The normalized spacial score (nSPS) is 12.0. The van der Waals surface area contributed by atoms with E-state index in [2.05, 4.69) is 145 Å². The van der Waals surface area contributed by atoms with Crippen LogP contribution < -0.4 is 30.7 Å². The first kappa shape index (κ1) is 59.6. The van der Waals surface area contributed by atoms with Gasteiger partial charge in [-0.15, -0.1) is 0 Å². The van der Waals surface area contributed by atoms with Crippen LogP contribution in [0.4, 0.5) is 0 Å². The summed E-state index contributed by atoms with van der Waals surface area (Å²) in [7, 11) is 13.9. The fourth-order valence-electron chi connectivity index (χ4n) is 10.1. The van der Waals surface area contributed by atoms with Gasteiger partial charge in [0.25, 0.3) is 23.3 Å². The zero-order valence-electron chi connectivity index (χ0n) is 46.0. The Morgan fingerprint density at radius 2 is 0.603 bits per heavy atom. The molecule has 7 aromatic rings. The summed E-state index contributed by atoms with van der Waals surface area (Å²) >= 11 is 0. The monoisotopic (exact) mass is 1130 g/mol. The van der Waals surface area contributed by atoms with Gasteiger partial charge in [-0.2, -0.15) is 0 Å². The van der Waals surface area contributed by atoms with Gasteiger partial charge in [0, 0.05) is 56.9 Å². The van der Waals surface area contributed by atoms with Crippen LogP contribution in [0.3, 0.4) is 0 Å². The topological polar surface area (TPSA) is 166 Å². The van der Waals surface area contributed by atoms with Crippen molar-refractivity contribution >= 4 is 46.4 Å². The molecule has 2 N–H and O–H groups in total. The molecule has 8 bridgehead atoms. The van der Waals surface area contributed by atoms with Crippen LogP contribution in [0, 0.1) is 0 Å². The van der Waals surface area contributed by atoms with Crippen LogP contribution in [0.1, 0.15) is 22.8 Å². The molecule has 0 unspecified atom stereocenters. The SMILES string of the molecule is COCCn1cc[n+](CCOC)c1-c1c2nc(c(-c3n(CCOC)cc[n+]3CCOC)c3ccc([nH]3)c(-c3n(CCOC)cc[n+]3CCOC)c3ccc([nH]3)c(-c3n(CCOC)cc[n+]3CCOC)c3nc1C=C3)C=C2.[Cl-].[Mn+3]. The molecule has 0 atom stereocenters. The van der Waals surface area contributed by atoms with Gasteiger partial charge >= 0.3 is 17.1 Å². The Hall–Kier alpha value is -6.07. The van der Waals surface area contributed by atoms with E-state index in [0.717, 1.165) is 90.4 Å². The van der Waals surface area contributed by atoms with E-state index in [1.54, 1.807) is 56.9 Å². The number of halogens is 1. The first-order chi connectivity index (χ1) is 37.4. The molecular formula is C56H74ClMnN12O8+6. The van der Waals surface area contributed by atoms with Crippen molar-refractivity contribution in [1.29, 1.82) is 0 Å². The minimum absolute atomic E-state index is 0. The van der Waals surface area contributed by atoms with E-state index >= 15 is 0 Å². The van der Waals surface area contributed by atoms with E-state index in [9.17, 15) is 0 Å². The van der Waals surface area contributed by atoms with Crippen LogP contribution in [0.25, 0.3) is 91.9 Å². The van der Waals surface area contributed by atoms with Crippen LogP contribution in [0.15, 0.2) is 73.8 Å². The molecule has 0 aliphatic carbocycles. The predicted molar refractivity (Wildman–Crippen MR) is 288 cm³/mol. The Balaban J connectivity index is 0.00000441. The number of fused-ring (bicyclic) bond motifs is 8. The first-order valence-corrected chi connectivity index (χ1v) is 25.8. The van der Waals surface area contributed by atoms with Gasteiger partial charge in [0.05, 0.1) is 97.7 Å². The number of imidazole rings is 4. The van der Waals surface area contributed by atoms with Crippen molar-refractivity contribution < 1.29 is 85.6 Å². The van der Waals surface area contributed by atoms with Crippen molar-refractivity contribution in [2.45, 2.75) is 52.4 Å². The molecule has 9 heterocycles. The third kappa shape index (κ3) is 12.7. The second-order valence-electron chi connectivity index (χ2n) is 18.5. The van der Waals surface area contributed by atoms with E-state index in [1.165, 1.54) is 0 Å². The average Bonchev–Trinajstić information content (AvgIpc) is 4.48. The molecule has 0 spiro atoms. The molecule has 414 valence electrons. The summed E-state index contributed by atoms with van der Waals surface area (Å²) in [6.07, 6.45) is 25.3. The summed E-state index contributed by atoms with van der Waals surface area (Å²) in [5.74, 6) is 3.79. The number of H-pyrrole nitrogens is 2. The van der Waals surface area contributed by atoms with Crippen molar-refractivity contribution in [2.75, 3.05) is 110 Å². The Morgan fingerprint density at radius 1 is 0.359 bits per heavy atom. The maximum atomic E-state index is 5.71. The maximum absolute atomic E-state index is 5.71. The van der Waals surface area contributed by atoms with E-state index in [1.807, 2.05) is 0 Å². The summed E-state index contributed by atoms with van der Waals surface area (Å²) in [6.45, 7) is 8.91. The summed E-state index contributed by atoms with van der Waals surface area (Å²) in [5, 5.41) is 0. The van der Waals surface area contributed by atoms with E-state index < -0.39 is 0 Å². The fourth-order valence-corrected chi connectivity index (χ4v) is 10.1. The zero-order valence-corrected chi connectivity index (χ0v) is 48.0. The summed E-state index contributed by atoms with van der Waals surface area (Å²) in [5.41, 5.74) is 10.2. The summed E-state index contributed by atoms with van der Waals surface area (Å²) in [4.78, 5) is 19.4. The Morgan fingerprint density at radius 3 is 0.885 bits per heavy atom. The van der Waals surface area contributed by atoms with Crippen molar-refractivity contribution in [3.8, 4) is 45.6 Å². The van der Waals surface area contributed by atoms with E-state index in [4.69, 9.17) is 47.9 Å². The van der Waals surface area contributed by atoms with Crippen molar-refractivity contribution in [3.05, 3.63) is 96.6 Å². The molecule has 78 heavy (non-hydrogen) atoms. The molecular weight excluding hydrogens is 1060 g/mol. The summed E-state index contributed by atoms with van der Waals surface area (Å²) in [6, 6.07) is 8.68. The molecule has 0 radical (unpaired) electrons. The number of hydrogen-bond acceptors (Lipinski definition) is 10. The third-order valence-electron chi connectivity index (χ3n) is 13.8. The van der Waals surface area contributed by atoms with Gasteiger partial charge in [-0.05, 0) is 48.6 Å². The minimum atomic E-state index is 0. The Bertz CT molecular complexity index is 3070. The van der Waals surface area contributed by atoms with Gasteiger partial charge in [-0.1, -0.05) is 0 Å². The Labute approximate surface area is 472 Å². The number of methoxy groups -OCH3 is 8. The number of nitrogens with zero attached hydrogens (tertiary/aromatic N) is 10. The molecule has 2 aliphatic rings. The van der Waals surface area contributed by atoms with Crippen LogP contribution >= 0.6 is 0 Å². The maximum Gasteiger partial charge on any atom is 3.00 e. The van der Waals surface area contributed by atoms with Gasteiger partial charge in [-0.25, -0.2) is 46.5 Å². The average molecular weight is 1130 g/mol. The third-order valence-corrected chi connectivity index (χ3v) is 13.8. The predicted octanol–water partition coefficient (Wildman–Crippen LogP) is 1.85. The zero-order chi connectivity index (χ0) is 53.0. The molecule has 0 aromatic carbocycles. The number of nitrogens with one attached hydrogen (secondary N) is 2. The molecule has 20 nitrogen and oxygen atoms in total. The number of aromatic nitrogens is 12. The molecule has 7 aromatic heterocycles. The van der Waals surface area contributed by atoms with Crippen molar-refractivity contribution in [3.63, 3.8) is 0 Å². The van der Waals surface area contributed by atoms with Crippen LogP contribution in [-0.4, -0.2) is 148 Å². The minimum Gasteiger partial charge on any atom is -1.00 e. The Kier molecular flexibility index (Phi) is 21.9. The second-order valence-corrected chi connectivity index (χ2v) is 18.5. The molecule has 9 rings (SSSR count). The number of rotatable bonds is 28. The standard InChI is InChI=1S/C56H73N12O8.ClH.Mn/c1-69-33-25-61-17-18-62(26-34-70-2)53(61)49-41-9-11-43(57-41)50(54-63(27-35-71-3)19-20-64(54)28-36-72-4)45-13-15-47(59-45)52(56-67(31-39-75-7)23-24-68(56)32-40-76-8)48-16-14-46(60-48)51(44-12-10-42(49)58-44)55-65(29-37-73-5)21-22-66(55)30-38-74-6;;/h9-24H,25-40H2,1-8H3,(H,57,58,59,60);1H;/q+3;;+3. The van der Waals surface area contributed by atoms with Gasteiger partial charge in [-0.3, -0.25) is 0 Å².